The fraction of sp³-hybridized carbons (Fsp3) is 0.125. The van der Waals surface area contributed by atoms with Gasteiger partial charge >= 0.3 is 11.8 Å². The van der Waals surface area contributed by atoms with E-state index in [2.05, 4.69) is 20.8 Å². The number of phenolic OH excluding ortho intramolecular Hbond substituents is 1. The maximum atomic E-state index is 11.6. The second-order valence-electron chi connectivity index (χ2n) is 4.53. The van der Waals surface area contributed by atoms with Crippen LogP contribution in [0.2, 0.25) is 0 Å². The van der Waals surface area contributed by atoms with E-state index in [4.69, 9.17) is 4.74 Å². The number of carbonyl (C=O) groups excluding carboxylic acids is 2. The summed E-state index contributed by atoms with van der Waals surface area (Å²) in [4.78, 5) is 27.2. The van der Waals surface area contributed by atoms with Crippen molar-refractivity contribution < 1.29 is 19.4 Å². The van der Waals surface area contributed by atoms with E-state index >= 15 is 0 Å². The molecular weight excluding hydrogens is 312 g/mol. The van der Waals surface area contributed by atoms with Gasteiger partial charge in [-0.15, -0.1) is 0 Å². The molecule has 0 bridgehead atoms. The Morgan fingerprint density at radius 1 is 1.29 bits per heavy atom. The quantitative estimate of drug-likeness (QED) is 0.435. The molecule has 8 heteroatoms. The Morgan fingerprint density at radius 3 is 2.83 bits per heavy atom. The zero-order valence-electron chi connectivity index (χ0n) is 12.9. The number of benzene rings is 1. The van der Waals surface area contributed by atoms with Crippen LogP contribution in [-0.4, -0.2) is 34.7 Å². The Kier molecular flexibility index (Phi) is 5.84. The lowest BCUT2D eigenvalue weighted by Gasteiger charge is -2.06. The third-order valence-electron chi connectivity index (χ3n) is 2.78. The summed E-state index contributed by atoms with van der Waals surface area (Å²) < 4.78 is 5.24. The average Bonchev–Trinajstić information content (AvgIpc) is 2.58. The van der Waals surface area contributed by atoms with Crippen LogP contribution in [0, 0.1) is 0 Å². The van der Waals surface area contributed by atoms with Gasteiger partial charge in [-0.2, -0.15) is 5.10 Å². The van der Waals surface area contributed by atoms with E-state index < -0.39 is 11.8 Å². The molecule has 8 nitrogen and oxygen atoms in total. The van der Waals surface area contributed by atoms with Crippen LogP contribution in [-0.2, 0) is 9.59 Å². The van der Waals surface area contributed by atoms with E-state index in [0.717, 1.165) is 0 Å². The van der Waals surface area contributed by atoms with Crippen molar-refractivity contribution >= 4 is 23.8 Å². The molecule has 0 unspecified atom stereocenters. The molecule has 24 heavy (non-hydrogen) atoms. The van der Waals surface area contributed by atoms with Gasteiger partial charge in [0.15, 0.2) is 11.5 Å². The maximum absolute atomic E-state index is 11.6. The van der Waals surface area contributed by atoms with E-state index in [1.165, 1.54) is 18.5 Å². The lowest BCUT2D eigenvalue weighted by atomic mass is 10.2. The highest BCUT2D eigenvalue weighted by Gasteiger charge is 2.13. The molecule has 0 radical (unpaired) electrons. The number of rotatable bonds is 5. The minimum absolute atomic E-state index is 0.00720. The molecule has 0 saturated carbocycles. The largest absolute Gasteiger partial charge is 0.504 e. The monoisotopic (exact) mass is 328 g/mol. The molecule has 1 aromatic heterocycles. The highest BCUT2D eigenvalue weighted by Crippen LogP contribution is 2.26. The molecule has 0 saturated heterocycles. The van der Waals surface area contributed by atoms with Crippen molar-refractivity contribution in [2.75, 3.05) is 11.9 Å². The standard InChI is InChI=1S/C16H16N4O4/c1-2-24-13-9-11(6-7-12(13)21)10-18-20-16(23)15(22)19-14-5-3-4-8-17-14/h3-10,21H,2H2,1H3,(H,20,23)(H,17,19,22)/b18-10-. The number of nitrogens with zero attached hydrogens (tertiary/aromatic N) is 2. The first-order valence-corrected chi connectivity index (χ1v) is 7.11. The van der Waals surface area contributed by atoms with Gasteiger partial charge in [0.25, 0.3) is 0 Å². The number of aromatic nitrogens is 1. The summed E-state index contributed by atoms with van der Waals surface area (Å²) in [6.45, 7) is 2.19. The van der Waals surface area contributed by atoms with Crippen LogP contribution < -0.4 is 15.5 Å². The number of phenols is 1. The molecule has 0 fully saturated rings. The van der Waals surface area contributed by atoms with Crippen molar-refractivity contribution in [1.29, 1.82) is 0 Å². The molecule has 0 aliphatic heterocycles. The summed E-state index contributed by atoms with van der Waals surface area (Å²) in [7, 11) is 0. The molecule has 2 aromatic rings. The van der Waals surface area contributed by atoms with Crippen LogP contribution >= 0.6 is 0 Å². The van der Waals surface area contributed by atoms with Crippen LogP contribution in [0.4, 0.5) is 5.82 Å². The van der Waals surface area contributed by atoms with Gasteiger partial charge < -0.3 is 15.2 Å². The van der Waals surface area contributed by atoms with Gasteiger partial charge in [0.05, 0.1) is 12.8 Å². The molecule has 1 aromatic carbocycles. The fourth-order valence-electron chi connectivity index (χ4n) is 1.71. The van der Waals surface area contributed by atoms with Crippen LogP contribution in [0.15, 0.2) is 47.7 Å². The lowest BCUT2D eigenvalue weighted by molar-refractivity contribution is -0.136. The van der Waals surface area contributed by atoms with E-state index in [1.807, 2.05) is 0 Å². The van der Waals surface area contributed by atoms with Gasteiger partial charge in [0.1, 0.15) is 5.82 Å². The molecule has 2 amide bonds. The summed E-state index contributed by atoms with van der Waals surface area (Å²) in [6, 6.07) is 9.51. The van der Waals surface area contributed by atoms with E-state index in [1.54, 1.807) is 37.3 Å². The fourth-order valence-corrected chi connectivity index (χ4v) is 1.71. The number of hydrazone groups is 1. The van der Waals surface area contributed by atoms with Crippen LogP contribution in [0.25, 0.3) is 0 Å². The predicted molar refractivity (Wildman–Crippen MR) is 87.9 cm³/mol. The minimum Gasteiger partial charge on any atom is -0.504 e. The summed E-state index contributed by atoms with van der Waals surface area (Å²) in [6.07, 6.45) is 2.82. The van der Waals surface area contributed by atoms with Crippen molar-refractivity contribution in [2.24, 2.45) is 5.10 Å². The highest BCUT2D eigenvalue weighted by atomic mass is 16.5. The van der Waals surface area contributed by atoms with Gasteiger partial charge in [0, 0.05) is 6.20 Å². The molecule has 2 rings (SSSR count). The minimum atomic E-state index is -0.930. The van der Waals surface area contributed by atoms with Gasteiger partial charge in [0.2, 0.25) is 0 Å². The molecule has 0 spiro atoms. The third-order valence-corrected chi connectivity index (χ3v) is 2.78. The predicted octanol–water partition coefficient (Wildman–Crippen LogP) is 1.27. The Hall–Kier alpha value is -3.42. The lowest BCUT2D eigenvalue weighted by Crippen LogP contribution is -2.32. The Balaban J connectivity index is 1.92. The first kappa shape index (κ1) is 16.9. The Morgan fingerprint density at radius 2 is 2.12 bits per heavy atom. The smallest absolute Gasteiger partial charge is 0.329 e. The molecule has 3 N–H and O–H groups in total. The van der Waals surface area contributed by atoms with E-state index in [-0.39, 0.29) is 11.6 Å². The van der Waals surface area contributed by atoms with Crippen molar-refractivity contribution in [1.82, 2.24) is 10.4 Å². The van der Waals surface area contributed by atoms with Crippen molar-refractivity contribution in [3.63, 3.8) is 0 Å². The zero-order chi connectivity index (χ0) is 17.4. The number of ether oxygens (including phenoxy) is 1. The first-order valence-electron chi connectivity index (χ1n) is 7.11. The van der Waals surface area contributed by atoms with Crippen molar-refractivity contribution in [3.8, 4) is 11.5 Å². The normalized spacial score (nSPS) is 10.4. The number of hydrogen-bond donors (Lipinski definition) is 3. The topological polar surface area (TPSA) is 113 Å². The highest BCUT2D eigenvalue weighted by molar-refractivity contribution is 6.39. The van der Waals surface area contributed by atoms with Gasteiger partial charge in [-0.1, -0.05) is 6.07 Å². The molecule has 0 aliphatic carbocycles. The van der Waals surface area contributed by atoms with Crippen LogP contribution in [0.1, 0.15) is 12.5 Å². The molecule has 1 heterocycles. The number of carbonyl (C=O) groups is 2. The Bertz CT molecular complexity index is 747. The maximum Gasteiger partial charge on any atom is 0.329 e. The number of anilines is 1. The number of aromatic hydroxyl groups is 1. The van der Waals surface area contributed by atoms with E-state index in [0.29, 0.717) is 17.9 Å². The number of pyridine rings is 1. The zero-order valence-corrected chi connectivity index (χ0v) is 12.9. The second-order valence-corrected chi connectivity index (χ2v) is 4.53. The SMILES string of the molecule is CCOc1cc(/C=N\NC(=O)C(=O)Nc2ccccn2)ccc1O. The van der Waals surface area contributed by atoms with E-state index in [9.17, 15) is 14.7 Å². The van der Waals surface area contributed by atoms with Gasteiger partial charge in [-0.25, -0.2) is 10.4 Å². The second kappa shape index (κ2) is 8.28. The summed E-state index contributed by atoms with van der Waals surface area (Å²) in [5, 5.41) is 15.6. The van der Waals surface area contributed by atoms with Crippen molar-refractivity contribution in [2.45, 2.75) is 6.92 Å². The summed E-state index contributed by atoms with van der Waals surface area (Å²) in [5.41, 5.74) is 2.69. The molecule has 124 valence electrons. The van der Waals surface area contributed by atoms with Crippen LogP contribution in [0.5, 0.6) is 11.5 Å². The molecule has 0 aliphatic rings. The van der Waals surface area contributed by atoms with Crippen molar-refractivity contribution in [3.05, 3.63) is 48.2 Å². The van der Waals surface area contributed by atoms with Crippen LogP contribution in [0.3, 0.4) is 0 Å². The molecular formula is C16H16N4O4. The number of amides is 2. The summed E-state index contributed by atoms with van der Waals surface area (Å²) in [5.74, 6) is -1.23. The van der Waals surface area contributed by atoms with Gasteiger partial charge in [-0.3, -0.25) is 9.59 Å². The Labute approximate surface area is 138 Å². The average molecular weight is 328 g/mol. The molecule has 0 atom stereocenters. The summed E-state index contributed by atoms with van der Waals surface area (Å²) >= 11 is 0. The van der Waals surface area contributed by atoms with Gasteiger partial charge in [-0.05, 0) is 42.8 Å². The number of nitrogens with one attached hydrogen (secondary N) is 2. The first-order chi connectivity index (χ1) is 11.6. The number of hydrogen-bond acceptors (Lipinski definition) is 6. The third kappa shape index (κ3) is 4.80.